The summed E-state index contributed by atoms with van der Waals surface area (Å²) in [7, 11) is -3.90. The highest BCUT2D eigenvalue weighted by Crippen LogP contribution is 2.52. The molecule has 0 spiro atoms. The molecule has 0 aromatic rings. The molecule has 0 aromatic carbocycles. The molecule has 2 unspecified atom stereocenters. The van der Waals surface area contributed by atoms with Crippen molar-refractivity contribution in [3.05, 3.63) is 0 Å². The van der Waals surface area contributed by atoms with Crippen LogP contribution in [0.3, 0.4) is 0 Å². The predicted molar refractivity (Wildman–Crippen MR) is 26.4 cm³/mol. The van der Waals surface area contributed by atoms with Crippen LogP contribution in [-0.2, 0) is 9.30 Å². The molecule has 1 fully saturated rings. The highest BCUT2D eigenvalue weighted by molar-refractivity contribution is 7.52. The van der Waals surface area contributed by atoms with Gasteiger partial charge in [-0.15, -0.1) is 0 Å². The average molecular weight is 141 g/mol. The monoisotopic (exact) mass is 141 g/mol. The highest BCUT2D eigenvalue weighted by Gasteiger charge is 2.48. The molecule has 4 nitrogen and oxygen atoms in total. The Morgan fingerprint density at radius 1 is 1.62 bits per heavy atom. The number of ether oxygens (including phenoxy) is 1. The van der Waals surface area contributed by atoms with Gasteiger partial charge in [0.1, 0.15) is 0 Å². The van der Waals surface area contributed by atoms with E-state index in [-0.39, 0.29) is 6.10 Å². The van der Waals surface area contributed by atoms with Gasteiger partial charge in [0.25, 0.3) is 0 Å². The number of hydrogen-bond donors (Lipinski definition) is 2. The standard InChI is InChI=1S/C3H7O4P/c1-2-3(7-2)8(4,5)6/h2-3H,1H3,(H2,4,5,6)/i1+1,2+1,3+1. The molecule has 0 amide bonds. The lowest BCUT2D eigenvalue weighted by atomic mass is 11.6. The van der Waals surface area contributed by atoms with Crippen LogP contribution < -0.4 is 0 Å². The second kappa shape index (κ2) is 1.54. The fraction of sp³-hybridized carbons (Fsp3) is 1.00. The Balaban J connectivity index is 2.52. The van der Waals surface area contributed by atoms with Crippen molar-refractivity contribution in [1.82, 2.24) is 0 Å². The molecule has 1 saturated heterocycles. The van der Waals surface area contributed by atoms with Crippen LogP contribution >= 0.6 is 7.60 Å². The molecule has 1 aliphatic rings. The van der Waals surface area contributed by atoms with Gasteiger partial charge in [-0.3, -0.25) is 4.57 Å². The lowest BCUT2D eigenvalue weighted by Crippen LogP contribution is -1.89. The zero-order chi connectivity index (χ0) is 6.36. The van der Waals surface area contributed by atoms with Crippen molar-refractivity contribution >= 4 is 7.60 Å². The van der Waals surface area contributed by atoms with E-state index in [1.807, 2.05) is 0 Å². The Kier molecular flexibility index (Phi) is 1.20. The molecule has 0 saturated carbocycles. The third kappa shape index (κ3) is 1.09. The van der Waals surface area contributed by atoms with Gasteiger partial charge in [0.05, 0.1) is 6.10 Å². The Morgan fingerprint density at radius 2 is 2.00 bits per heavy atom. The van der Waals surface area contributed by atoms with Gasteiger partial charge >= 0.3 is 7.60 Å². The minimum absolute atomic E-state index is 0.254. The first kappa shape index (κ1) is 6.23. The smallest absolute Gasteiger partial charge is 0.356 e. The summed E-state index contributed by atoms with van der Waals surface area (Å²) < 4.78 is 14.7. The molecule has 8 heavy (non-hydrogen) atoms. The lowest BCUT2D eigenvalue weighted by Gasteiger charge is -1.93. The van der Waals surface area contributed by atoms with Crippen LogP contribution in [0.5, 0.6) is 0 Å². The van der Waals surface area contributed by atoms with Crippen LogP contribution in [0.1, 0.15) is 6.92 Å². The van der Waals surface area contributed by atoms with Crippen molar-refractivity contribution in [2.24, 2.45) is 0 Å². The maximum Gasteiger partial charge on any atom is 0.356 e. The zero-order valence-electron chi connectivity index (χ0n) is 4.31. The first-order chi connectivity index (χ1) is 3.52. The molecular weight excluding hydrogens is 134 g/mol. The van der Waals surface area contributed by atoms with Crippen molar-refractivity contribution in [3.8, 4) is 0 Å². The molecule has 2 atom stereocenters. The Labute approximate surface area is 46.6 Å². The molecule has 1 aliphatic heterocycles. The Bertz CT molecular complexity index is 138. The van der Waals surface area contributed by atoms with E-state index in [2.05, 4.69) is 4.74 Å². The van der Waals surface area contributed by atoms with Gasteiger partial charge in [-0.2, -0.15) is 0 Å². The van der Waals surface area contributed by atoms with Crippen molar-refractivity contribution in [2.75, 3.05) is 0 Å². The molecule has 48 valence electrons. The third-order valence-corrected chi connectivity index (χ3v) is 2.22. The second-order valence-electron chi connectivity index (χ2n) is 1.82. The van der Waals surface area contributed by atoms with Gasteiger partial charge in [0.2, 0.25) is 0 Å². The predicted octanol–water partition coefficient (Wildman–Crippen LogP) is -0.0911. The summed E-state index contributed by atoms with van der Waals surface area (Å²) in [6, 6.07) is 0. The van der Waals surface area contributed by atoms with Crippen molar-refractivity contribution < 1.29 is 19.1 Å². The summed E-state index contributed by atoms with van der Waals surface area (Å²) in [5.74, 6) is -0.817. The van der Waals surface area contributed by atoms with Crippen LogP contribution in [0.25, 0.3) is 0 Å². The maximum atomic E-state index is 10.2. The lowest BCUT2D eigenvalue weighted by molar-refractivity contribution is 0.333. The summed E-state index contributed by atoms with van der Waals surface area (Å²) in [5.41, 5.74) is 0. The van der Waals surface area contributed by atoms with Crippen molar-refractivity contribution in [2.45, 2.75) is 18.9 Å². The Hall–Kier alpha value is 0.110. The normalized spacial score (nSPS) is 37.4. The number of hydrogen-bond acceptors (Lipinski definition) is 2. The summed E-state index contributed by atoms with van der Waals surface area (Å²) in [6.07, 6.45) is -0.254. The van der Waals surface area contributed by atoms with E-state index < -0.39 is 13.4 Å². The molecule has 2 N–H and O–H groups in total. The van der Waals surface area contributed by atoms with Crippen LogP contribution in [0.2, 0.25) is 0 Å². The fourth-order valence-electron chi connectivity index (χ4n) is 0.527. The largest absolute Gasteiger partial charge is 0.356 e. The van der Waals surface area contributed by atoms with E-state index in [4.69, 9.17) is 9.79 Å². The Morgan fingerprint density at radius 3 is 2.00 bits per heavy atom. The average Bonchev–Trinajstić information content (AvgIpc) is 2.13. The molecular formula is C3H7O4P. The van der Waals surface area contributed by atoms with E-state index in [1.165, 1.54) is 0 Å². The van der Waals surface area contributed by atoms with Gasteiger partial charge in [0, 0.05) is 0 Å². The summed E-state index contributed by atoms with van der Waals surface area (Å²) >= 11 is 0. The van der Waals surface area contributed by atoms with Gasteiger partial charge in [0.15, 0.2) is 5.85 Å². The zero-order valence-corrected chi connectivity index (χ0v) is 5.21. The first-order valence-corrected chi connectivity index (χ1v) is 3.90. The fourth-order valence-corrected chi connectivity index (χ4v) is 1.42. The van der Waals surface area contributed by atoms with E-state index in [0.717, 1.165) is 0 Å². The van der Waals surface area contributed by atoms with Gasteiger partial charge in [-0.1, -0.05) is 0 Å². The van der Waals surface area contributed by atoms with Gasteiger partial charge in [-0.05, 0) is 6.92 Å². The minimum Gasteiger partial charge on any atom is -0.356 e. The SMILES string of the molecule is [13CH3][13CH]1O[13CH]1P(=O)(O)O. The molecule has 0 aliphatic carbocycles. The first-order valence-electron chi connectivity index (χ1n) is 2.22. The van der Waals surface area contributed by atoms with Crippen LogP contribution in [-0.4, -0.2) is 21.7 Å². The molecule has 1 rings (SSSR count). The number of rotatable bonds is 1. The van der Waals surface area contributed by atoms with Crippen LogP contribution in [0, 0.1) is 0 Å². The molecule has 0 aromatic heterocycles. The molecule has 5 heteroatoms. The molecule has 0 bridgehead atoms. The summed E-state index contributed by atoms with van der Waals surface area (Å²) in [6.45, 7) is 1.63. The van der Waals surface area contributed by atoms with E-state index in [1.54, 1.807) is 6.92 Å². The van der Waals surface area contributed by atoms with Gasteiger partial charge < -0.3 is 14.5 Å². The summed E-state index contributed by atoms with van der Waals surface area (Å²) in [5, 5.41) is 0. The van der Waals surface area contributed by atoms with Crippen LogP contribution in [0.4, 0.5) is 0 Å². The van der Waals surface area contributed by atoms with E-state index >= 15 is 0 Å². The van der Waals surface area contributed by atoms with Crippen LogP contribution in [0.15, 0.2) is 0 Å². The van der Waals surface area contributed by atoms with E-state index in [9.17, 15) is 4.57 Å². The van der Waals surface area contributed by atoms with E-state index in [0.29, 0.717) is 0 Å². The quantitative estimate of drug-likeness (QED) is 0.304. The van der Waals surface area contributed by atoms with Crippen molar-refractivity contribution in [3.63, 3.8) is 0 Å². The molecule has 0 radical (unpaired) electrons. The number of epoxide rings is 1. The van der Waals surface area contributed by atoms with Crippen molar-refractivity contribution in [1.29, 1.82) is 0 Å². The third-order valence-electron chi connectivity index (χ3n) is 1.01. The maximum absolute atomic E-state index is 10.2. The second-order valence-corrected chi connectivity index (χ2v) is 3.51. The minimum atomic E-state index is -3.90. The molecule has 1 heterocycles. The summed E-state index contributed by atoms with van der Waals surface area (Å²) in [4.78, 5) is 16.6. The topological polar surface area (TPSA) is 70.1 Å². The van der Waals surface area contributed by atoms with Gasteiger partial charge in [-0.25, -0.2) is 0 Å². The highest BCUT2D eigenvalue weighted by atomic mass is 31.2.